The van der Waals surface area contributed by atoms with Crippen LogP contribution in [0.4, 0.5) is 5.69 Å². The molecule has 1 N–H and O–H groups in total. The molecule has 4 aromatic rings. The quantitative estimate of drug-likeness (QED) is 0.438. The van der Waals surface area contributed by atoms with E-state index in [1.54, 1.807) is 24.4 Å². The first-order valence-electron chi connectivity index (χ1n) is 8.61. The molecular formula is C22H17N3O2. The maximum atomic E-state index is 12.8. The van der Waals surface area contributed by atoms with Crippen LogP contribution in [0.1, 0.15) is 21.6 Å². The van der Waals surface area contributed by atoms with Gasteiger partial charge in [0.25, 0.3) is 11.7 Å². The highest BCUT2D eigenvalue weighted by molar-refractivity contribution is 6.47. The molecule has 1 aromatic carbocycles. The van der Waals surface area contributed by atoms with Crippen molar-refractivity contribution in [3.8, 4) is 0 Å². The van der Waals surface area contributed by atoms with Crippen LogP contribution in [0.25, 0.3) is 5.52 Å². The zero-order valence-electron chi connectivity index (χ0n) is 14.5. The van der Waals surface area contributed by atoms with Crippen molar-refractivity contribution in [1.82, 2.24) is 9.38 Å². The third-order valence-corrected chi connectivity index (χ3v) is 4.35. The minimum atomic E-state index is -0.675. The lowest BCUT2D eigenvalue weighted by Gasteiger charge is -2.03. The Morgan fingerprint density at radius 2 is 1.78 bits per heavy atom. The SMILES string of the molecule is O=C(Nc1cccnc1)C(=O)c1cc(Cc2ccccc2)n2ccccc12. The maximum Gasteiger partial charge on any atom is 0.296 e. The number of hydrogen-bond acceptors (Lipinski definition) is 3. The molecule has 0 saturated carbocycles. The molecule has 132 valence electrons. The van der Waals surface area contributed by atoms with Gasteiger partial charge in [-0.2, -0.15) is 0 Å². The van der Waals surface area contributed by atoms with E-state index in [2.05, 4.69) is 10.3 Å². The molecule has 0 bridgehead atoms. The number of pyridine rings is 2. The van der Waals surface area contributed by atoms with E-state index < -0.39 is 11.7 Å². The first kappa shape index (κ1) is 16.7. The van der Waals surface area contributed by atoms with Crippen LogP contribution >= 0.6 is 0 Å². The Hall–Kier alpha value is -3.73. The summed E-state index contributed by atoms with van der Waals surface area (Å²) < 4.78 is 1.96. The lowest BCUT2D eigenvalue weighted by atomic mass is 10.1. The van der Waals surface area contributed by atoms with Gasteiger partial charge in [-0.1, -0.05) is 36.4 Å². The molecule has 0 aliphatic heterocycles. The molecule has 3 heterocycles. The maximum absolute atomic E-state index is 12.8. The molecule has 0 atom stereocenters. The Kier molecular flexibility index (Phi) is 4.49. The molecule has 5 heteroatoms. The fourth-order valence-electron chi connectivity index (χ4n) is 3.09. The summed E-state index contributed by atoms with van der Waals surface area (Å²) in [5.41, 5.74) is 3.69. The largest absolute Gasteiger partial charge is 0.320 e. The Labute approximate surface area is 156 Å². The Balaban J connectivity index is 1.67. The lowest BCUT2D eigenvalue weighted by Crippen LogP contribution is -2.22. The van der Waals surface area contributed by atoms with Gasteiger partial charge in [0.1, 0.15) is 0 Å². The van der Waals surface area contributed by atoms with Gasteiger partial charge in [0.2, 0.25) is 0 Å². The monoisotopic (exact) mass is 355 g/mol. The predicted molar refractivity (Wildman–Crippen MR) is 104 cm³/mol. The molecule has 5 nitrogen and oxygen atoms in total. The number of anilines is 1. The van der Waals surface area contributed by atoms with Crippen LogP contribution in [0.2, 0.25) is 0 Å². The number of benzene rings is 1. The number of fused-ring (bicyclic) bond motifs is 1. The molecular weight excluding hydrogens is 338 g/mol. The average molecular weight is 355 g/mol. The lowest BCUT2D eigenvalue weighted by molar-refractivity contribution is -0.112. The summed E-state index contributed by atoms with van der Waals surface area (Å²) in [6.07, 6.45) is 5.69. The summed E-state index contributed by atoms with van der Waals surface area (Å²) >= 11 is 0. The third-order valence-electron chi connectivity index (χ3n) is 4.35. The van der Waals surface area contributed by atoms with Crippen molar-refractivity contribution in [3.05, 3.63) is 102 Å². The van der Waals surface area contributed by atoms with E-state index in [0.717, 1.165) is 16.8 Å². The molecule has 0 unspecified atom stereocenters. The van der Waals surface area contributed by atoms with Gasteiger partial charge in [-0.05, 0) is 35.9 Å². The number of hydrogen-bond donors (Lipinski definition) is 1. The number of ketones is 1. The topological polar surface area (TPSA) is 63.5 Å². The summed E-state index contributed by atoms with van der Waals surface area (Å²) in [5, 5.41) is 2.60. The molecule has 0 saturated heterocycles. The fraction of sp³-hybridized carbons (Fsp3) is 0.0455. The van der Waals surface area contributed by atoms with Crippen LogP contribution in [0.5, 0.6) is 0 Å². The van der Waals surface area contributed by atoms with Crippen LogP contribution in [-0.4, -0.2) is 21.1 Å². The smallest absolute Gasteiger partial charge is 0.296 e. The van der Waals surface area contributed by atoms with E-state index >= 15 is 0 Å². The van der Waals surface area contributed by atoms with Crippen LogP contribution in [0.15, 0.2) is 85.3 Å². The molecule has 1 amide bonds. The van der Waals surface area contributed by atoms with Crippen LogP contribution in [-0.2, 0) is 11.2 Å². The Morgan fingerprint density at radius 1 is 0.963 bits per heavy atom. The number of amides is 1. The van der Waals surface area contributed by atoms with Gasteiger partial charge >= 0.3 is 0 Å². The molecule has 0 aliphatic rings. The standard InChI is InChI=1S/C22H17N3O2/c26-21(22(27)24-17-9-6-11-23-15-17)19-14-18(13-16-7-2-1-3-8-16)25-12-5-4-10-20(19)25/h1-12,14-15H,13H2,(H,24,27). The van der Waals surface area contributed by atoms with Crippen molar-refractivity contribution in [1.29, 1.82) is 0 Å². The van der Waals surface area contributed by atoms with E-state index in [4.69, 9.17) is 0 Å². The second-order valence-corrected chi connectivity index (χ2v) is 6.19. The van der Waals surface area contributed by atoms with Crippen LogP contribution < -0.4 is 5.32 Å². The highest BCUT2D eigenvalue weighted by Crippen LogP contribution is 2.21. The Morgan fingerprint density at radius 3 is 2.56 bits per heavy atom. The van der Waals surface area contributed by atoms with Gasteiger partial charge in [0.05, 0.1) is 23.0 Å². The number of nitrogens with one attached hydrogen (secondary N) is 1. The highest BCUT2D eigenvalue weighted by Gasteiger charge is 2.22. The normalized spacial score (nSPS) is 10.7. The van der Waals surface area contributed by atoms with Crippen molar-refractivity contribution in [2.75, 3.05) is 5.32 Å². The van der Waals surface area contributed by atoms with E-state index in [9.17, 15) is 9.59 Å². The van der Waals surface area contributed by atoms with Crippen molar-refractivity contribution in [2.24, 2.45) is 0 Å². The van der Waals surface area contributed by atoms with Gasteiger partial charge in [-0.25, -0.2) is 0 Å². The van der Waals surface area contributed by atoms with Crippen molar-refractivity contribution < 1.29 is 9.59 Å². The zero-order chi connectivity index (χ0) is 18.6. The third kappa shape index (κ3) is 3.48. The molecule has 3 aromatic heterocycles. The highest BCUT2D eigenvalue weighted by atomic mass is 16.2. The number of Topliss-reactive ketones (excluding diaryl/α,β-unsaturated/α-hetero) is 1. The summed E-state index contributed by atoms with van der Waals surface area (Å²) in [5.74, 6) is -1.24. The minimum absolute atomic E-state index is 0.392. The second kappa shape index (κ2) is 7.25. The summed E-state index contributed by atoms with van der Waals surface area (Å²) in [6, 6.07) is 20.8. The van der Waals surface area contributed by atoms with E-state index in [1.807, 2.05) is 59.1 Å². The first-order chi connectivity index (χ1) is 13.2. The summed E-state index contributed by atoms with van der Waals surface area (Å²) in [4.78, 5) is 29.2. The number of carbonyl (C=O) groups excluding carboxylic acids is 2. The minimum Gasteiger partial charge on any atom is -0.320 e. The first-order valence-corrected chi connectivity index (χ1v) is 8.61. The molecule has 4 rings (SSSR count). The number of rotatable bonds is 5. The van der Waals surface area contributed by atoms with E-state index in [-0.39, 0.29) is 0 Å². The summed E-state index contributed by atoms with van der Waals surface area (Å²) in [6.45, 7) is 0. The fourth-order valence-corrected chi connectivity index (χ4v) is 3.09. The van der Waals surface area contributed by atoms with Gasteiger partial charge in [0, 0.05) is 24.5 Å². The van der Waals surface area contributed by atoms with Gasteiger partial charge in [0.15, 0.2) is 0 Å². The molecule has 27 heavy (non-hydrogen) atoms. The van der Waals surface area contributed by atoms with E-state index in [0.29, 0.717) is 17.7 Å². The number of nitrogens with zero attached hydrogens (tertiary/aromatic N) is 2. The van der Waals surface area contributed by atoms with Crippen LogP contribution in [0.3, 0.4) is 0 Å². The van der Waals surface area contributed by atoms with E-state index in [1.165, 1.54) is 6.20 Å². The van der Waals surface area contributed by atoms with Crippen molar-refractivity contribution in [3.63, 3.8) is 0 Å². The van der Waals surface area contributed by atoms with Crippen molar-refractivity contribution >= 4 is 22.9 Å². The summed E-state index contributed by atoms with van der Waals surface area (Å²) in [7, 11) is 0. The molecule has 0 spiro atoms. The number of carbonyl (C=O) groups is 2. The van der Waals surface area contributed by atoms with Crippen molar-refractivity contribution in [2.45, 2.75) is 6.42 Å². The second-order valence-electron chi connectivity index (χ2n) is 6.19. The molecule has 0 radical (unpaired) electrons. The molecule has 0 aliphatic carbocycles. The van der Waals surface area contributed by atoms with Gasteiger partial charge < -0.3 is 9.72 Å². The molecule has 0 fully saturated rings. The average Bonchev–Trinajstić information content (AvgIpc) is 3.07. The number of aromatic nitrogens is 2. The zero-order valence-corrected chi connectivity index (χ0v) is 14.5. The predicted octanol–water partition coefficient (Wildman–Crippen LogP) is 3.75. The van der Waals surface area contributed by atoms with Gasteiger partial charge in [-0.3, -0.25) is 14.6 Å². The Bertz CT molecular complexity index is 1100. The van der Waals surface area contributed by atoms with Gasteiger partial charge in [-0.15, -0.1) is 0 Å². The van der Waals surface area contributed by atoms with Crippen LogP contribution in [0, 0.1) is 0 Å².